The molecule has 0 saturated heterocycles. The molecule has 0 amide bonds. The summed E-state index contributed by atoms with van der Waals surface area (Å²) in [7, 11) is 0. The third-order valence-electron chi connectivity index (χ3n) is 2.88. The Hall–Kier alpha value is -1.62. The van der Waals surface area contributed by atoms with Crippen LogP contribution in [-0.2, 0) is 6.54 Å². The number of hydrogen-bond donors (Lipinski definition) is 2. The lowest BCUT2D eigenvalue weighted by Crippen LogP contribution is -2.32. The average Bonchev–Trinajstić information content (AvgIpc) is 2.37. The zero-order valence-corrected chi connectivity index (χ0v) is 12.9. The molecule has 0 atom stereocenters. The highest BCUT2D eigenvalue weighted by atomic mass is 16.4. The van der Waals surface area contributed by atoms with Crippen LogP contribution in [0.25, 0.3) is 0 Å². The van der Waals surface area contributed by atoms with Gasteiger partial charge in [-0.3, -0.25) is 9.88 Å². The van der Waals surface area contributed by atoms with Gasteiger partial charge in [0.15, 0.2) is 5.84 Å². The van der Waals surface area contributed by atoms with Gasteiger partial charge >= 0.3 is 0 Å². The largest absolute Gasteiger partial charge is 0.409 e. The quantitative estimate of drug-likeness (QED) is 0.347. The fourth-order valence-electron chi connectivity index (χ4n) is 2.32. The summed E-state index contributed by atoms with van der Waals surface area (Å²) in [5, 5.41) is 11.9. The minimum absolute atomic E-state index is 0.0645. The van der Waals surface area contributed by atoms with Gasteiger partial charge in [0.25, 0.3) is 0 Å². The molecule has 20 heavy (non-hydrogen) atoms. The Labute approximate surface area is 121 Å². The molecule has 3 N–H and O–H groups in total. The first-order chi connectivity index (χ1) is 9.43. The van der Waals surface area contributed by atoms with Crippen molar-refractivity contribution in [1.29, 1.82) is 0 Å². The predicted octanol–water partition coefficient (Wildman–Crippen LogP) is 2.29. The van der Waals surface area contributed by atoms with Crippen molar-refractivity contribution in [2.24, 2.45) is 22.7 Å². The first-order valence-corrected chi connectivity index (χ1v) is 7.08. The third-order valence-corrected chi connectivity index (χ3v) is 2.88. The summed E-state index contributed by atoms with van der Waals surface area (Å²) < 4.78 is 0. The zero-order valence-electron chi connectivity index (χ0n) is 12.9. The monoisotopic (exact) mass is 278 g/mol. The van der Waals surface area contributed by atoms with Crippen molar-refractivity contribution in [2.45, 2.75) is 34.2 Å². The Balaban J connectivity index is 2.92. The van der Waals surface area contributed by atoms with Crippen LogP contribution >= 0.6 is 0 Å². The van der Waals surface area contributed by atoms with E-state index in [0.717, 1.165) is 25.2 Å². The van der Waals surface area contributed by atoms with Gasteiger partial charge in [0.2, 0.25) is 0 Å². The molecular weight excluding hydrogens is 252 g/mol. The molecule has 0 spiro atoms. The number of rotatable bonds is 7. The van der Waals surface area contributed by atoms with Crippen LogP contribution in [0.4, 0.5) is 0 Å². The number of nitrogens with zero attached hydrogens (tertiary/aromatic N) is 3. The highest BCUT2D eigenvalue weighted by Crippen LogP contribution is 2.12. The fourth-order valence-corrected chi connectivity index (χ4v) is 2.32. The molecule has 5 nitrogen and oxygen atoms in total. The molecule has 0 bridgehead atoms. The van der Waals surface area contributed by atoms with Crippen LogP contribution in [-0.4, -0.2) is 34.0 Å². The van der Waals surface area contributed by atoms with Gasteiger partial charge in [-0.25, -0.2) is 0 Å². The predicted molar refractivity (Wildman–Crippen MR) is 81.7 cm³/mol. The van der Waals surface area contributed by atoms with Gasteiger partial charge in [-0.1, -0.05) is 38.9 Å². The molecular formula is C15H26N4O. The molecule has 1 heterocycles. The maximum absolute atomic E-state index is 8.85. The third kappa shape index (κ3) is 5.17. The summed E-state index contributed by atoms with van der Waals surface area (Å²) in [4.78, 5) is 6.61. The van der Waals surface area contributed by atoms with E-state index in [1.54, 1.807) is 6.20 Å². The molecule has 0 aliphatic rings. The van der Waals surface area contributed by atoms with Crippen LogP contribution in [0.2, 0.25) is 0 Å². The fraction of sp³-hybridized carbons (Fsp3) is 0.600. The van der Waals surface area contributed by atoms with Gasteiger partial charge < -0.3 is 10.9 Å². The molecule has 0 unspecified atom stereocenters. The van der Waals surface area contributed by atoms with Crippen molar-refractivity contribution >= 4 is 5.84 Å². The van der Waals surface area contributed by atoms with Crippen molar-refractivity contribution < 1.29 is 5.21 Å². The lowest BCUT2D eigenvalue weighted by atomic mass is 10.1. The summed E-state index contributed by atoms with van der Waals surface area (Å²) in [5.41, 5.74) is 7.24. The molecule has 1 rings (SSSR count). The number of aromatic nitrogens is 1. The molecule has 112 valence electrons. The van der Waals surface area contributed by atoms with E-state index >= 15 is 0 Å². The Bertz CT molecular complexity index is 433. The SMILES string of the molecule is CC(C)CN(Cc1cccnc1C(N)=NO)CC(C)C. The molecule has 0 radical (unpaired) electrons. The van der Waals surface area contributed by atoms with Crippen LogP contribution in [0.3, 0.4) is 0 Å². The second-order valence-electron chi connectivity index (χ2n) is 5.98. The van der Waals surface area contributed by atoms with Gasteiger partial charge in [0.1, 0.15) is 5.69 Å². The summed E-state index contributed by atoms with van der Waals surface area (Å²) in [6, 6.07) is 3.86. The van der Waals surface area contributed by atoms with Crippen molar-refractivity contribution in [3.8, 4) is 0 Å². The van der Waals surface area contributed by atoms with Crippen LogP contribution in [0.5, 0.6) is 0 Å². The standard InChI is InChI=1S/C15H26N4O/c1-11(2)8-19(9-12(3)4)10-13-6-5-7-17-14(13)15(16)18-20/h5-7,11-12,20H,8-10H2,1-4H3,(H2,16,18). The Morgan fingerprint density at radius 2 is 1.90 bits per heavy atom. The highest BCUT2D eigenvalue weighted by molar-refractivity contribution is 5.96. The molecule has 0 fully saturated rings. The first kappa shape index (κ1) is 16.4. The second-order valence-corrected chi connectivity index (χ2v) is 5.98. The van der Waals surface area contributed by atoms with Crippen molar-refractivity contribution in [1.82, 2.24) is 9.88 Å². The number of amidine groups is 1. The Kier molecular flexibility index (Phi) is 6.45. The topological polar surface area (TPSA) is 74.7 Å². The summed E-state index contributed by atoms with van der Waals surface area (Å²) in [6.45, 7) is 11.6. The highest BCUT2D eigenvalue weighted by Gasteiger charge is 2.14. The lowest BCUT2D eigenvalue weighted by Gasteiger charge is -2.26. The van der Waals surface area contributed by atoms with E-state index < -0.39 is 0 Å². The zero-order chi connectivity index (χ0) is 15.1. The molecule has 5 heteroatoms. The van der Waals surface area contributed by atoms with Crippen LogP contribution < -0.4 is 5.73 Å². The van der Waals surface area contributed by atoms with Crippen molar-refractivity contribution in [3.05, 3.63) is 29.6 Å². The molecule has 1 aromatic rings. The van der Waals surface area contributed by atoms with Gasteiger partial charge in [-0.15, -0.1) is 0 Å². The minimum Gasteiger partial charge on any atom is -0.409 e. The maximum Gasteiger partial charge on any atom is 0.189 e. The summed E-state index contributed by atoms with van der Waals surface area (Å²) in [6.07, 6.45) is 1.66. The van der Waals surface area contributed by atoms with E-state index in [-0.39, 0.29) is 5.84 Å². The van der Waals surface area contributed by atoms with E-state index in [9.17, 15) is 0 Å². The summed E-state index contributed by atoms with van der Waals surface area (Å²) in [5.74, 6) is 1.25. The molecule has 0 aliphatic heterocycles. The van der Waals surface area contributed by atoms with Crippen LogP contribution in [0.15, 0.2) is 23.5 Å². The summed E-state index contributed by atoms with van der Waals surface area (Å²) >= 11 is 0. The van der Waals surface area contributed by atoms with E-state index in [1.807, 2.05) is 12.1 Å². The Morgan fingerprint density at radius 3 is 2.40 bits per heavy atom. The smallest absolute Gasteiger partial charge is 0.189 e. The minimum atomic E-state index is 0.0645. The Morgan fingerprint density at radius 1 is 1.30 bits per heavy atom. The number of nitrogens with two attached hydrogens (primary N) is 1. The van der Waals surface area contributed by atoms with E-state index in [4.69, 9.17) is 10.9 Å². The van der Waals surface area contributed by atoms with Crippen molar-refractivity contribution in [2.75, 3.05) is 13.1 Å². The van der Waals surface area contributed by atoms with E-state index in [0.29, 0.717) is 17.5 Å². The number of hydrogen-bond acceptors (Lipinski definition) is 4. The van der Waals surface area contributed by atoms with Crippen LogP contribution in [0.1, 0.15) is 39.0 Å². The number of oxime groups is 1. The van der Waals surface area contributed by atoms with E-state index in [1.165, 1.54) is 0 Å². The van der Waals surface area contributed by atoms with Gasteiger partial charge in [0.05, 0.1) is 0 Å². The number of pyridine rings is 1. The molecule has 0 saturated carbocycles. The van der Waals surface area contributed by atoms with Crippen LogP contribution in [0, 0.1) is 11.8 Å². The van der Waals surface area contributed by atoms with Gasteiger partial charge in [-0.2, -0.15) is 0 Å². The molecule has 1 aromatic heterocycles. The van der Waals surface area contributed by atoms with Gasteiger partial charge in [-0.05, 0) is 23.5 Å². The lowest BCUT2D eigenvalue weighted by molar-refractivity contribution is 0.211. The van der Waals surface area contributed by atoms with Crippen molar-refractivity contribution in [3.63, 3.8) is 0 Å². The van der Waals surface area contributed by atoms with E-state index in [2.05, 4.69) is 42.7 Å². The van der Waals surface area contributed by atoms with Gasteiger partial charge in [0, 0.05) is 25.8 Å². The normalized spacial score (nSPS) is 12.7. The molecule has 0 aromatic carbocycles. The second kappa shape index (κ2) is 7.85. The average molecular weight is 278 g/mol. The first-order valence-electron chi connectivity index (χ1n) is 7.08. The maximum atomic E-state index is 8.85. The molecule has 0 aliphatic carbocycles.